The quantitative estimate of drug-likeness (QED) is 0.666. The molecule has 0 radical (unpaired) electrons. The Morgan fingerprint density at radius 1 is 1.15 bits per heavy atom. The number of sulfone groups is 1. The average Bonchev–Trinajstić information content (AvgIpc) is 3.15. The first kappa shape index (κ1) is 17.7. The molecule has 0 saturated heterocycles. The minimum atomic E-state index is -3.45. The van der Waals surface area contributed by atoms with Gasteiger partial charge in [-0.15, -0.1) is 0 Å². The van der Waals surface area contributed by atoms with Gasteiger partial charge in [0.2, 0.25) is 11.7 Å². The van der Waals surface area contributed by atoms with Crippen LogP contribution >= 0.6 is 0 Å². The molecule has 0 N–H and O–H groups in total. The Morgan fingerprint density at radius 3 is 2.70 bits per heavy atom. The molecule has 27 heavy (non-hydrogen) atoms. The third-order valence-electron chi connectivity index (χ3n) is 4.89. The van der Waals surface area contributed by atoms with E-state index < -0.39 is 15.1 Å². The van der Waals surface area contributed by atoms with Crippen LogP contribution in [0.3, 0.4) is 0 Å². The molecule has 1 aliphatic rings. The van der Waals surface area contributed by atoms with Gasteiger partial charge in [-0.1, -0.05) is 29.4 Å². The largest absolute Gasteiger partial charge is 0.497 e. The molecule has 0 saturated carbocycles. The van der Waals surface area contributed by atoms with Crippen molar-refractivity contribution >= 4 is 9.84 Å². The molecular weight excluding hydrogens is 364 g/mol. The molecule has 0 fully saturated rings. The summed E-state index contributed by atoms with van der Waals surface area (Å²) in [4.78, 5) is 4.27. The molecule has 0 aliphatic heterocycles. The van der Waals surface area contributed by atoms with Gasteiger partial charge < -0.3 is 9.26 Å². The molecule has 3 aromatic rings. The third-order valence-corrected chi connectivity index (χ3v) is 6.89. The zero-order valence-corrected chi connectivity index (χ0v) is 15.8. The highest BCUT2D eigenvalue weighted by Gasteiger charge is 2.33. The predicted octanol–water partition coefficient (Wildman–Crippen LogP) is 3.74. The summed E-state index contributed by atoms with van der Waals surface area (Å²) in [7, 11) is -1.85. The summed E-state index contributed by atoms with van der Waals surface area (Å²) in [6, 6.07) is 15.0. The number of hydrogen-bond donors (Lipinski definition) is 0. The monoisotopic (exact) mass is 384 g/mol. The van der Waals surface area contributed by atoms with Gasteiger partial charge in [0.05, 0.1) is 12.4 Å². The number of aryl methyl sites for hydroxylation is 1. The molecule has 140 valence electrons. The first-order chi connectivity index (χ1) is 13.1. The van der Waals surface area contributed by atoms with Crippen LogP contribution < -0.4 is 4.74 Å². The number of fused-ring (bicyclic) bond motifs is 1. The van der Waals surface area contributed by atoms with Gasteiger partial charge in [-0.3, -0.25) is 0 Å². The molecule has 0 amide bonds. The Balaban J connectivity index is 1.56. The van der Waals surface area contributed by atoms with Gasteiger partial charge >= 0.3 is 0 Å². The van der Waals surface area contributed by atoms with Crippen molar-refractivity contribution in [3.05, 3.63) is 65.5 Å². The van der Waals surface area contributed by atoms with Crippen LogP contribution in [0.1, 0.15) is 35.1 Å². The first-order valence-electron chi connectivity index (χ1n) is 8.83. The Kier molecular flexibility index (Phi) is 4.70. The van der Waals surface area contributed by atoms with Gasteiger partial charge in [0.25, 0.3) is 0 Å². The van der Waals surface area contributed by atoms with Crippen molar-refractivity contribution in [2.45, 2.75) is 30.3 Å². The molecule has 1 atom stereocenters. The summed E-state index contributed by atoms with van der Waals surface area (Å²) in [6.45, 7) is 0. The van der Waals surface area contributed by atoms with Gasteiger partial charge in [0.1, 0.15) is 11.5 Å². The van der Waals surface area contributed by atoms with Crippen LogP contribution in [0.15, 0.2) is 53.1 Å². The standard InChI is InChI=1S/C20H20N2O4S/c1-25-16-11-9-15(10-12-16)20-21-19(26-22-20)13-27(23,24)18-8-4-6-14-5-2-3-7-17(14)18/h2-3,5,7,9-12,18H,4,6,8,13H2,1H3. The molecule has 4 rings (SSSR count). The summed E-state index contributed by atoms with van der Waals surface area (Å²) in [5.41, 5.74) is 2.76. The van der Waals surface area contributed by atoms with E-state index in [-0.39, 0.29) is 11.6 Å². The fraction of sp³-hybridized carbons (Fsp3) is 0.300. The van der Waals surface area contributed by atoms with E-state index in [2.05, 4.69) is 10.1 Å². The predicted molar refractivity (Wildman–Crippen MR) is 101 cm³/mol. The van der Waals surface area contributed by atoms with E-state index in [0.29, 0.717) is 12.2 Å². The van der Waals surface area contributed by atoms with Gasteiger partial charge in [0.15, 0.2) is 9.84 Å². The summed E-state index contributed by atoms with van der Waals surface area (Å²) < 4.78 is 36.4. The maximum atomic E-state index is 13.0. The Morgan fingerprint density at radius 2 is 1.93 bits per heavy atom. The summed E-state index contributed by atoms with van der Waals surface area (Å²) in [6.07, 6.45) is 2.41. The smallest absolute Gasteiger partial charge is 0.242 e. The van der Waals surface area contributed by atoms with Gasteiger partial charge in [0, 0.05) is 5.56 Å². The number of benzene rings is 2. The van der Waals surface area contributed by atoms with Crippen molar-refractivity contribution in [1.82, 2.24) is 10.1 Å². The van der Waals surface area contributed by atoms with E-state index in [1.165, 1.54) is 0 Å². The minimum Gasteiger partial charge on any atom is -0.497 e. The zero-order valence-electron chi connectivity index (χ0n) is 15.0. The normalized spacial score (nSPS) is 16.7. The van der Waals surface area contributed by atoms with Gasteiger partial charge in [-0.05, 0) is 54.7 Å². The maximum absolute atomic E-state index is 13.0. The molecule has 0 bridgehead atoms. The van der Waals surface area contributed by atoms with E-state index in [1.807, 2.05) is 24.3 Å². The molecular formula is C20H20N2O4S. The number of hydrogen-bond acceptors (Lipinski definition) is 6. The highest BCUT2D eigenvalue weighted by molar-refractivity contribution is 7.90. The fourth-order valence-electron chi connectivity index (χ4n) is 3.53. The molecule has 1 unspecified atom stereocenters. The van der Waals surface area contributed by atoms with Crippen molar-refractivity contribution in [2.75, 3.05) is 7.11 Å². The molecule has 1 aromatic heterocycles. The van der Waals surface area contributed by atoms with Crippen LogP contribution in [-0.2, 0) is 22.0 Å². The highest BCUT2D eigenvalue weighted by Crippen LogP contribution is 2.37. The number of aromatic nitrogens is 2. The van der Waals surface area contributed by atoms with Crippen molar-refractivity contribution in [3.8, 4) is 17.1 Å². The molecule has 1 aliphatic carbocycles. The van der Waals surface area contributed by atoms with E-state index in [0.717, 1.165) is 35.3 Å². The van der Waals surface area contributed by atoms with E-state index in [9.17, 15) is 8.42 Å². The Bertz CT molecular complexity index is 1040. The SMILES string of the molecule is COc1ccc(-c2noc(CS(=O)(=O)C3CCCc4ccccc43)n2)cc1. The zero-order chi connectivity index (χ0) is 18.9. The summed E-state index contributed by atoms with van der Waals surface area (Å²) >= 11 is 0. The lowest BCUT2D eigenvalue weighted by Gasteiger charge is -2.24. The molecule has 2 aromatic carbocycles. The molecule has 1 heterocycles. The van der Waals surface area contributed by atoms with Crippen LogP contribution in [-0.4, -0.2) is 25.7 Å². The van der Waals surface area contributed by atoms with Crippen molar-refractivity contribution < 1.29 is 17.7 Å². The molecule has 6 nitrogen and oxygen atoms in total. The Labute approximate surface area is 158 Å². The number of methoxy groups -OCH3 is 1. The van der Waals surface area contributed by atoms with Crippen molar-refractivity contribution in [1.29, 1.82) is 0 Å². The summed E-state index contributed by atoms with van der Waals surface area (Å²) in [5, 5.41) is 3.41. The van der Waals surface area contributed by atoms with Crippen molar-refractivity contribution in [2.24, 2.45) is 0 Å². The van der Waals surface area contributed by atoms with Gasteiger partial charge in [-0.2, -0.15) is 4.98 Å². The van der Waals surface area contributed by atoms with Crippen LogP contribution in [0.25, 0.3) is 11.4 Å². The maximum Gasteiger partial charge on any atom is 0.242 e. The lowest BCUT2D eigenvalue weighted by molar-refractivity contribution is 0.388. The third kappa shape index (κ3) is 3.60. The second-order valence-electron chi connectivity index (χ2n) is 6.63. The van der Waals surface area contributed by atoms with E-state index in [4.69, 9.17) is 9.26 Å². The second kappa shape index (κ2) is 7.15. The highest BCUT2D eigenvalue weighted by atomic mass is 32.2. The Hall–Kier alpha value is -2.67. The lowest BCUT2D eigenvalue weighted by atomic mass is 9.91. The number of nitrogens with zero attached hydrogens (tertiary/aromatic N) is 2. The van der Waals surface area contributed by atoms with E-state index >= 15 is 0 Å². The molecule has 0 spiro atoms. The van der Waals surface area contributed by atoms with Crippen molar-refractivity contribution in [3.63, 3.8) is 0 Å². The van der Waals surface area contributed by atoms with Crippen LogP contribution in [0.4, 0.5) is 0 Å². The second-order valence-corrected chi connectivity index (χ2v) is 8.81. The fourth-order valence-corrected chi connectivity index (χ4v) is 5.33. The topological polar surface area (TPSA) is 82.3 Å². The average molecular weight is 384 g/mol. The molecule has 7 heteroatoms. The van der Waals surface area contributed by atoms with Crippen LogP contribution in [0.5, 0.6) is 5.75 Å². The first-order valence-corrected chi connectivity index (χ1v) is 10.5. The van der Waals surface area contributed by atoms with Crippen LogP contribution in [0.2, 0.25) is 0 Å². The summed E-state index contributed by atoms with van der Waals surface area (Å²) in [5.74, 6) is 0.951. The number of ether oxygens (including phenoxy) is 1. The number of rotatable bonds is 5. The van der Waals surface area contributed by atoms with Crippen LogP contribution in [0, 0.1) is 0 Å². The minimum absolute atomic E-state index is 0.115. The van der Waals surface area contributed by atoms with Gasteiger partial charge in [-0.25, -0.2) is 8.42 Å². The lowest BCUT2D eigenvalue weighted by Crippen LogP contribution is -2.20. The van der Waals surface area contributed by atoms with E-state index in [1.54, 1.807) is 31.4 Å².